The van der Waals surface area contributed by atoms with Gasteiger partial charge in [-0.25, -0.2) is 0 Å². The Labute approximate surface area is 130 Å². The maximum Gasteiger partial charge on any atom is 0.246 e. The number of rotatable bonds is 2. The average molecular weight is 357 g/mol. The molecule has 1 saturated carbocycles. The average Bonchev–Trinajstić information content (AvgIpc) is 2.86. The van der Waals surface area contributed by atoms with Gasteiger partial charge in [-0.3, -0.25) is 9.59 Å². The van der Waals surface area contributed by atoms with E-state index in [2.05, 4.69) is 21.2 Å². The Kier molecular flexibility index (Phi) is 3.86. The second-order valence-electron chi connectivity index (χ2n) is 5.45. The van der Waals surface area contributed by atoms with Crippen LogP contribution in [0.4, 0.5) is 0 Å². The number of nitrogens with one attached hydrogen (secondary N) is 1. The quantitative estimate of drug-likeness (QED) is 0.885. The van der Waals surface area contributed by atoms with E-state index in [1.54, 1.807) is 11.3 Å². The van der Waals surface area contributed by atoms with E-state index in [0.717, 1.165) is 41.5 Å². The van der Waals surface area contributed by atoms with Crippen LogP contribution >= 0.6 is 27.3 Å². The number of hydrogen-bond acceptors (Lipinski definition) is 3. The van der Waals surface area contributed by atoms with Crippen molar-refractivity contribution < 1.29 is 9.59 Å². The molecular formula is C14H17BrN2O2S. The van der Waals surface area contributed by atoms with E-state index >= 15 is 0 Å². The fourth-order valence-electron chi connectivity index (χ4n) is 3.23. The standard InChI is InChI=1S/C14H17BrN2O2S/c15-10-4-7-20-11(10)9-17-12(18)8-16-13(19)14(17)5-2-1-3-6-14/h4,7H,1-3,5-6,8-9H2,(H,16,19). The minimum atomic E-state index is -0.614. The third-order valence-corrected chi connectivity index (χ3v) is 6.23. The summed E-state index contributed by atoms with van der Waals surface area (Å²) in [5.41, 5.74) is -0.614. The normalized spacial score (nSPS) is 22.1. The third-order valence-electron chi connectivity index (χ3n) is 4.31. The number of amides is 2. The summed E-state index contributed by atoms with van der Waals surface area (Å²) >= 11 is 5.13. The van der Waals surface area contributed by atoms with E-state index in [1.807, 2.05) is 16.3 Å². The van der Waals surface area contributed by atoms with E-state index < -0.39 is 5.54 Å². The molecule has 0 aromatic carbocycles. The SMILES string of the molecule is O=C1CNC(=O)C2(CCCCC2)N1Cc1sccc1Br. The summed E-state index contributed by atoms with van der Waals surface area (Å²) in [7, 11) is 0. The zero-order chi connectivity index (χ0) is 14.2. The predicted molar refractivity (Wildman–Crippen MR) is 81.4 cm³/mol. The van der Waals surface area contributed by atoms with Crippen LogP contribution in [-0.2, 0) is 16.1 Å². The molecule has 1 aromatic rings. The summed E-state index contributed by atoms with van der Waals surface area (Å²) in [4.78, 5) is 27.7. The Balaban J connectivity index is 1.92. The van der Waals surface area contributed by atoms with Gasteiger partial charge in [0.25, 0.3) is 0 Å². The fraction of sp³-hybridized carbons (Fsp3) is 0.571. The summed E-state index contributed by atoms with van der Waals surface area (Å²) in [5.74, 6) is 0.0660. The molecule has 0 atom stereocenters. The molecule has 1 N–H and O–H groups in total. The Morgan fingerprint density at radius 3 is 2.70 bits per heavy atom. The second kappa shape index (κ2) is 5.48. The summed E-state index contributed by atoms with van der Waals surface area (Å²) in [6.45, 7) is 0.661. The van der Waals surface area contributed by atoms with Crippen LogP contribution in [0.15, 0.2) is 15.9 Å². The number of piperazine rings is 1. The van der Waals surface area contributed by atoms with Crippen LogP contribution < -0.4 is 5.32 Å². The summed E-state index contributed by atoms with van der Waals surface area (Å²) in [6, 6.07) is 1.99. The summed E-state index contributed by atoms with van der Waals surface area (Å²) in [5, 5.41) is 4.78. The number of halogens is 1. The lowest BCUT2D eigenvalue weighted by Gasteiger charge is -2.47. The van der Waals surface area contributed by atoms with Crippen LogP contribution in [0, 0.1) is 0 Å². The number of carbonyl (C=O) groups is 2. The number of thiophene rings is 1. The highest BCUT2D eigenvalue weighted by atomic mass is 79.9. The van der Waals surface area contributed by atoms with Crippen molar-refractivity contribution in [1.82, 2.24) is 10.2 Å². The van der Waals surface area contributed by atoms with Gasteiger partial charge in [0.15, 0.2) is 0 Å². The van der Waals surface area contributed by atoms with Gasteiger partial charge in [-0.2, -0.15) is 0 Å². The molecule has 20 heavy (non-hydrogen) atoms. The van der Waals surface area contributed by atoms with Gasteiger partial charge in [0.05, 0.1) is 13.1 Å². The highest BCUT2D eigenvalue weighted by molar-refractivity contribution is 9.10. The Morgan fingerprint density at radius 2 is 2.05 bits per heavy atom. The van der Waals surface area contributed by atoms with Gasteiger partial charge in [0, 0.05) is 9.35 Å². The summed E-state index contributed by atoms with van der Waals surface area (Å²) in [6.07, 6.45) is 4.76. The lowest BCUT2D eigenvalue weighted by atomic mass is 9.78. The Bertz CT molecular complexity index is 537. The van der Waals surface area contributed by atoms with E-state index in [1.165, 1.54) is 0 Å². The van der Waals surface area contributed by atoms with Crippen LogP contribution in [0.1, 0.15) is 37.0 Å². The molecule has 1 saturated heterocycles. The first kappa shape index (κ1) is 14.1. The van der Waals surface area contributed by atoms with Crippen molar-refractivity contribution in [3.05, 3.63) is 20.8 Å². The molecule has 1 spiro atoms. The van der Waals surface area contributed by atoms with Crippen LogP contribution in [0.2, 0.25) is 0 Å². The molecular weight excluding hydrogens is 340 g/mol. The first-order valence-corrected chi connectivity index (χ1v) is 8.61. The maximum atomic E-state index is 12.4. The van der Waals surface area contributed by atoms with Crippen LogP contribution in [-0.4, -0.2) is 28.8 Å². The van der Waals surface area contributed by atoms with Gasteiger partial charge >= 0.3 is 0 Å². The van der Waals surface area contributed by atoms with E-state index in [-0.39, 0.29) is 18.4 Å². The molecule has 6 heteroatoms. The molecule has 3 rings (SSSR count). The largest absolute Gasteiger partial charge is 0.345 e. The van der Waals surface area contributed by atoms with Gasteiger partial charge in [-0.15, -0.1) is 11.3 Å². The van der Waals surface area contributed by atoms with Crippen molar-refractivity contribution in [3.8, 4) is 0 Å². The monoisotopic (exact) mass is 356 g/mol. The molecule has 2 aliphatic rings. The topological polar surface area (TPSA) is 49.4 Å². The number of hydrogen-bond donors (Lipinski definition) is 1. The van der Waals surface area contributed by atoms with Crippen LogP contribution in [0.5, 0.6) is 0 Å². The van der Waals surface area contributed by atoms with Crippen molar-refractivity contribution in [3.63, 3.8) is 0 Å². The maximum absolute atomic E-state index is 12.4. The van der Waals surface area contributed by atoms with Gasteiger partial charge in [0.1, 0.15) is 5.54 Å². The molecule has 1 aliphatic carbocycles. The summed E-state index contributed by atoms with van der Waals surface area (Å²) < 4.78 is 1.02. The molecule has 4 nitrogen and oxygen atoms in total. The molecule has 0 bridgehead atoms. The minimum Gasteiger partial charge on any atom is -0.345 e. The zero-order valence-electron chi connectivity index (χ0n) is 11.2. The highest BCUT2D eigenvalue weighted by Crippen LogP contribution is 2.38. The molecule has 2 fully saturated rings. The number of nitrogens with zero attached hydrogens (tertiary/aromatic N) is 1. The van der Waals surface area contributed by atoms with Crippen molar-refractivity contribution in [2.24, 2.45) is 0 Å². The second-order valence-corrected chi connectivity index (χ2v) is 7.30. The van der Waals surface area contributed by atoms with Crippen molar-refractivity contribution in [2.45, 2.75) is 44.2 Å². The van der Waals surface area contributed by atoms with E-state index in [0.29, 0.717) is 6.54 Å². The van der Waals surface area contributed by atoms with Crippen molar-refractivity contribution in [1.29, 1.82) is 0 Å². The Hall–Kier alpha value is -0.880. The van der Waals surface area contributed by atoms with Gasteiger partial charge in [-0.05, 0) is 40.2 Å². The van der Waals surface area contributed by atoms with Gasteiger partial charge < -0.3 is 10.2 Å². The smallest absolute Gasteiger partial charge is 0.246 e. The van der Waals surface area contributed by atoms with E-state index in [4.69, 9.17) is 0 Å². The first-order valence-electron chi connectivity index (χ1n) is 6.94. The predicted octanol–water partition coefficient (Wildman–Crippen LogP) is 2.67. The van der Waals surface area contributed by atoms with E-state index in [9.17, 15) is 9.59 Å². The molecule has 2 heterocycles. The molecule has 0 radical (unpaired) electrons. The van der Waals surface area contributed by atoms with Crippen molar-refractivity contribution in [2.75, 3.05) is 6.54 Å². The lowest BCUT2D eigenvalue weighted by molar-refractivity contribution is -0.157. The number of carbonyl (C=O) groups excluding carboxylic acids is 2. The molecule has 1 aliphatic heterocycles. The molecule has 108 valence electrons. The van der Waals surface area contributed by atoms with Crippen LogP contribution in [0.25, 0.3) is 0 Å². The van der Waals surface area contributed by atoms with Crippen LogP contribution in [0.3, 0.4) is 0 Å². The Morgan fingerprint density at radius 1 is 1.30 bits per heavy atom. The van der Waals surface area contributed by atoms with Gasteiger partial charge in [-0.1, -0.05) is 19.3 Å². The minimum absolute atomic E-state index is 0.0319. The van der Waals surface area contributed by atoms with Crippen molar-refractivity contribution >= 4 is 39.1 Å². The first-order chi connectivity index (χ1) is 9.63. The molecule has 2 amide bonds. The third kappa shape index (κ3) is 2.29. The molecule has 1 aromatic heterocycles. The molecule has 0 unspecified atom stereocenters. The zero-order valence-corrected chi connectivity index (χ0v) is 13.6. The highest BCUT2D eigenvalue weighted by Gasteiger charge is 2.49. The fourth-order valence-corrected chi connectivity index (χ4v) is 4.70. The van der Waals surface area contributed by atoms with Gasteiger partial charge in [0.2, 0.25) is 11.8 Å². The lowest BCUT2D eigenvalue weighted by Crippen LogP contribution is -2.67.